The fraction of sp³-hybridized carbons (Fsp3) is 0.300. The van der Waals surface area contributed by atoms with Gasteiger partial charge in [-0.2, -0.15) is 22.0 Å². The van der Waals surface area contributed by atoms with Crippen molar-refractivity contribution < 1.29 is 36.7 Å². The van der Waals surface area contributed by atoms with Gasteiger partial charge in [0.15, 0.2) is 0 Å². The fourth-order valence-electron chi connectivity index (χ4n) is 1.23. The van der Waals surface area contributed by atoms with E-state index in [1.807, 2.05) is 0 Å². The lowest BCUT2D eigenvalue weighted by Crippen LogP contribution is -2.47. The second-order valence-corrected chi connectivity index (χ2v) is 3.68. The molecule has 0 unspecified atom stereocenters. The third-order valence-electron chi connectivity index (χ3n) is 2.30. The molecule has 118 valence electrons. The van der Waals surface area contributed by atoms with Crippen LogP contribution in [0.25, 0.3) is 0 Å². The molecular weight excluding hydrogens is 307 g/mol. The number of methoxy groups -OCH3 is 1. The molecule has 0 aliphatic rings. The van der Waals surface area contributed by atoms with Crippen LogP contribution in [0.15, 0.2) is 18.2 Å². The minimum absolute atomic E-state index is 0.000445. The molecule has 1 rings (SSSR count). The summed E-state index contributed by atoms with van der Waals surface area (Å²) in [6.45, 7) is 0. The Labute approximate surface area is 114 Å². The number of halogens is 5. The van der Waals surface area contributed by atoms with Gasteiger partial charge >= 0.3 is 18.0 Å². The number of amides is 1. The zero-order chi connectivity index (χ0) is 16.4. The molecular formula is C10H8F5N2O4-. The van der Waals surface area contributed by atoms with Crippen LogP contribution in [0.5, 0.6) is 5.75 Å². The van der Waals surface area contributed by atoms with Crippen LogP contribution in [0.4, 0.5) is 33.3 Å². The van der Waals surface area contributed by atoms with Crippen LogP contribution in [0.3, 0.4) is 0 Å². The maximum absolute atomic E-state index is 12.8. The van der Waals surface area contributed by atoms with E-state index in [2.05, 4.69) is 4.74 Å². The van der Waals surface area contributed by atoms with E-state index in [1.54, 1.807) is 0 Å². The van der Waals surface area contributed by atoms with Crippen LogP contribution >= 0.6 is 0 Å². The van der Waals surface area contributed by atoms with Crippen LogP contribution in [0, 0.1) is 5.21 Å². The van der Waals surface area contributed by atoms with E-state index < -0.39 is 34.6 Å². The Kier molecular flexibility index (Phi) is 4.59. The van der Waals surface area contributed by atoms with Gasteiger partial charge in [-0.25, -0.2) is 0 Å². The summed E-state index contributed by atoms with van der Waals surface area (Å²) in [5.74, 6) is -8.35. The molecule has 0 aliphatic carbocycles. The van der Waals surface area contributed by atoms with Crippen molar-refractivity contribution in [2.45, 2.75) is 12.1 Å². The predicted molar refractivity (Wildman–Crippen MR) is 60.3 cm³/mol. The molecule has 0 heterocycles. The lowest BCUT2D eigenvalue weighted by molar-refractivity contribution is -0.267. The minimum Gasteiger partial charge on any atom is -0.733 e. The smallest absolute Gasteiger partial charge is 0.463 e. The van der Waals surface area contributed by atoms with Gasteiger partial charge in [-0.05, 0) is 12.1 Å². The number of nitrogens with one attached hydrogen (secondary N) is 1. The number of hydrogen-bond acceptors (Lipinski definition) is 5. The molecule has 0 saturated carbocycles. The highest BCUT2D eigenvalue weighted by Crippen LogP contribution is 2.37. The molecule has 21 heavy (non-hydrogen) atoms. The van der Waals surface area contributed by atoms with Gasteiger partial charge in [-0.15, -0.1) is 0 Å². The molecule has 0 bridgehead atoms. The SMILES string of the molecule is COc1ccc(NC(=O)C(F)(F)C(F)(F)F)c(N([O-])O)c1. The molecule has 11 heteroatoms. The first-order chi connectivity index (χ1) is 9.50. The molecule has 2 N–H and O–H groups in total. The quantitative estimate of drug-likeness (QED) is 0.659. The Morgan fingerprint density at radius 2 is 1.90 bits per heavy atom. The van der Waals surface area contributed by atoms with Crippen LogP contribution in [-0.4, -0.2) is 30.3 Å². The first kappa shape index (κ1) is 16.9. The van der Waals surface area contributed by atoms with E-state index in [1.165, 1.54) is 12.4 Å². The van der Waals surface area contributed by atoms with Crippen LogP contribution < -0.4 is 15.3 Å². The minimum atomic E-state index is -6.10. The number of benzene rings is 1. The van der Waals surface area contributed by atoms with Gasteiger partial charge in [-0.3, -0.25) is 10.0 Å². The summed E-state index contributed by atoms with van der Waals surface area (Å²) < 4.78 is 66.2. The van der Waals surface area contributed by atoms with Gasteiger partial charge in [0.05, 0.1) is 18.5 Å². The molecule has 0 atom stereocenters. The third-order valence-corrected chi connectivity index (χ3v) is 2.30. The lowest BCUT2D eigenvalue weighted by atomic mass is 10.2. The van der Waals surface area contributed by atoms with Gasteiger partial charge in [0.2, 0.25) is 0 Å². The number of carbonyl (C=O) groups is 1. The summed E-state index contributed by atoms with van der Waals surface area (Å²) >= 11 is 0. The zero-order valence-electron chi connectivity index (χ0n) is 10.2. The lowest BCUT2D eigenvalue weighted by Gasteiger charge is -2.26. The Morgan fingerprint density at radius 3 is 2.33 bits per heavy atom. The molecule has 0 saturated heterocycles. The van der Waals surface area contributed by atoms with Crippen molar-refractivity contribution in [3.63, 3.8) is 0 Å². The highest BCUT2D eigenvalue weighted by atomic mass is 19.4. The second kappa shape index (κ2) is 5.69. The van der Waals surface area contributed by atoms with Gasteiger partial charge in [0, 0.05) is 6.07 Å². The molecule has 1 aromatic carbocycles. The number of ether oxygens (including phenoxy) is 1. The third kappa shape index (κ3) is 3.49. The molecule has 0 radical (unpaired) electrons. The number of rotatable bonds is 4. The van der Waals surface area contributed by atoms with E-state index in [4.69, 9.17) is 5.21 Å². The normalized spacial score (nSPS) is 12.0. The van der Waals surface area contributed by atoms with Crippen molar-refractivity contribution in [1.29, 1.82) is 0 Å². The van der Waals surface area contributed by atoms with Crippen LogP contribution in [-0.2, 0) is 4.79 Å². The van der Waals surface area contributed by atoms with Crippen molar-refractivity contribution in [3.8, 4) is 5.75 Å². The maximum atomic E-state index is 12.8. The van der Waals surface area contributed by atoms with E-state index in [0.29, 0.717) is 0 Å². The molecule has 0 fully saturated rings. The number of carbonyl (C=O) groups excluding carboxylic acids is 1. The standard InChI is InChI=1S/C10H8F5N2O4/c1-21-5-2-3-6(7(4-5)17(19)20)16-8(18)9(11,12)10(13,14)15/h2-4,19H,1H3,(H,16,18)/q-1. The summed E-state index contributed by atoms with van der Waals surface area (Å²) in [7, 11) is 1.18. The van der Waals surface area contributed by atoms with Crippen LogP contribution in [0.2, 0.25) is 0 Å². The summed E-state index contributed by atoms with van der Waals surface area (Å²) in [6, 6.07) is 2.72. The predicted octanol–water partition coefficient (Wildman–Crippen LogP) is 2.52. The van der Waals surface area contributed by atoms with Crippen molar-refractivity contribution in [2.75, 3.05) is 17.7 Å². The number of nitrogens with zero attached hydrogens (tertiary/aromatic N) is 1. The molecule has 0 aromatic heterocycles. The van der Waals surface area contributed by atoms with Gasteiger partial charge in [0.25, 0.3) is 0 Å². The van der Waals surface area contributed by atoms with Crippen molar-refractivity contribution in [2.24, 2.45) is 0 Å². The Balaban J connectivity index is 3.11. The number of alkyl halides is 5. The monoisotopic (exact) mass is 315 g/mol. The van der Waals surface area contributed by atoms with Crippen molar-refractivity contribution >= 4 is 17.3 Å². The Hall–Kier alpha value is -2.14. The number of hydrogen-bond donors (Lipinski definition) is 2. The van der Waals surface area contributed by atoms with E-state index in [9.17, 15) is 32.0 Å². The van der Waals surface area contributed by atoms with Crippen molar-refractivity contribution in [1.82, 2.24) is 0 Å². The van der Waals surface area contributed by atoms with Gasteiger partial charge < -0.3 is 20.5 Å². The molecule has 0 aliphatic heterocycles. The first-order valence-electron chi connectivity index (χ1n) is 5.11. The Morgan fingerprint density at radius 1 is 1.33 bits per heavy atom. The largest absolute Gasteiger partial charge is 0.733 e. The number of anilines is 2. The summed E-state index contributed by atoms with van der Waals surface area (Å²) in [5.41, 5.74) is -1.53. The Bertz CT molecular complexity index is 533. The maximum Gasteiger partial charge on any atom is 0.463 e. The molecule has 0 spiro atoms. The first-order valence-corrected chi connectivity index (χ1v) is 5.11. The fourth-order valence-corrected chi connectivity index (χ4v) is 1.23. The zero-order valence-corrected chi connectivity index (χ0v) is 10.2. The topological polar surface area (TPSA) is 84.9 Å². The summed E-state index contributed by atoms with van der Waals surface area (Å²) in [6.07, 6.45) is -6.10. The molecule has 1 aromatic rings. The van der Waals surface area contributed by atoms with Crippen LogP contribution in [0.1, 0.15) is 0 Å². The van der Waals surface area contributed by atoms with E-state index >= 15 is 0 Å². The average Bonchev–Trinajstić information content (AvgIpc) is 2.37. The summed E-state index contributed by atoms with van der Waals surface area (Å²) in [4.78, 5) is 11.0. The highest BCUT2D eigenvalue weighted by molar-refractivity contribution is 5.99. The molecule has 6 nitrogen and oxygen atoms in total. The van der Waals surface area contributed by atoms with Crippen molar-refractivity contribution in [3.05, 3.63) is 23.4 Å². The van der Waals surface area contributed by atoms with E-state index in [0.717, 1.165) is 18.2 Å². The summed E-state index contributed by atoms with van der Waals surface area (Å²) in [5, 5.41) is 20.0. The van der Waals surface area contributed by atoms with Gasteiger partial charge in [-0.1, -0.05) is 0 Å². The average molecular weight is 315 g/mol. The van der Waals surface area contributed by atoms with E-state index in [-0.39, 0.29) is 5.75 Å². The highest BCUT2D eigenvalue weighted by Gasteiger charge is 2.63. The second-order valence-electron chi connectivity index (χ2n) is 3.68. The van der Waals surface area contributed by atoms with Gasteiger partial charge in [0.1, 0.15) is 5.75 Å². The molecule has 1 amide bonds.